The van der Waals surface area contributed by atoms with Gasteiger partial charge in [0.2, 0.25) is 0 Å². The Balaban J connectivity index is 2.13. The zero-order chi connectivity index (χ0) is 11.5. The summed E-state index contributed by atoms with van der Waals surface area (Å²) in [5, 5.41) is 0. The molecule has 0 aromatic carbocycles. The third-order valence-corrected chi connectivity index (χ3v) is 5.82. The van der Waals surface area contributed by atoms with Crippen molar-refractivity contribution in [3.63, 3.8) is 0 Å². The van der Waals surface area contributed by atoms with Crippen LogP contribution < -0.4 is 0 Å². The first-order chi connectivity index (χ1) is 7.70. The molecule has 0 aliphatic heterocycles. The molecule has 1 saturated carbocycles. The summed E-state index contributed by atoms with van der Waals surface area (Å²) in [6, 6.07) is 0.866. The fourth-order valence-corrected chi connectivity index (χ4v) is 5.30. The molecule has 16 heavy (non-hydrogen) atoms. The molecule has 90 valence electrons. The van der Waals surface area contributed by atoms with Crippen LogP contribution in [-0.4, -0.2) is 19.6 Å². The molecule has 0 unspecified atom stereocenters. The van der Waals surface area contributed by atoms with E-state index in [0.717, 1.165) is 6.04 Å². The SMILES string of the molecule is CC1=C(N(C2CCCCC2)[SiH](C)C)CC=C1. The van der Waals surface area contributed by atoms with Gasteiger partial charge in [-0.1, -0.05) is 44.5 Å². The molecule has 0 spiro atoms. The van der Waals surface area contributed by atoms with Crippen molar-refractivity contribution in [3.8, 4) is 0 Å². The first kappa shape index (κ1) is 12.0. The first-order valence-corrected chi connectivity index (χ1v) is 9.67. The van der Waals surface area contributed by atoms with Gasteiger partial charge in [0.15, 0.2) is 0 Å². The van der Waals surface area contributed by atoms with Crippen LogP contribution in [0.3, 0.4) is 0 Å². The van der Waals surface area contributed by atoms with Gasteiger partial charge in [0.1, 0.15) is 8.96 Å². The van der Waals surface area contributed by atoms with Crippen LogP contribution in [0.4, 0.5) is 0 Å². The van der Waals surface area contributed by atoms with Crippen LogP contribution in [0.25, 0.3) is 0 Å². The average molecular weight is 235 g/mol. The quantitative estimate of drug-likeness (QED) is 0.672. The fraction of sp³-hybridized carbons (Fsp3) is 0.714. The van der Waals surface area contributed by atoms with Gasteiger partial charge in [0.25, 0.3) is 0 Å². The van der Waals surface area contributed by atoms with Gasteiger partial charge in [0, 0.05) is 18.2 Å². The van der Waals surface area contributed by atoms with E-state index in [0.29, 0.717) is 0 Å². The summed E-state index contributed by atoms with van der Waals surface area (Å²) in [6.07, 6.45) is 13.0. The van der Waals surface area contributed by atoms with Gasteiger partial charge in [-0.15, -0.1) is 0 Å². The second-order valence-electron chi connectivity index (χ2n) is 5.53. The van der Waals surface area contributed by atoms with Crippen molar-refractivity contribution in [2.45, 2.75) is 64.6 Å². The van der Waals surface area contributed by atoms with Gasteiger partial charge >= 0.3 is 0 Å². The molecular weight excluding hydrogens is 210 g/mol. The van der Waals surface area contributed by atoms with Crippen LogP contribution in [0.5, 0.6) is 0 Å². The summed E-state index contributed by atoms with van der Waals surface area (Å²) in [7, 11) is -0.715. The predicted molar refractivity (Wildman–Crippen MR) is 74.0 cm³/mol. The van der Waals surface area contributed by atoms with E-state index in [1.54, 1.807) is 5.70 Å². The lowest BCUT2D eigenvalue weighted by molar-refractivity contribution is 0.289. The van der Waals surface area contributed by atoms with Gasteiger partial charge < -0.3 is 4.57 Å². The highest BCUT2D eigenvalue weighted by atomic mass is 28.3. The standard InChI is InChI=1S/C14H25NSi/c1-12-8-7-11-14(12)15(16(2)3)13-9-5-4-6-10-13/h7-8,13,16H,4-6,9-11H2,1-3H3. The normalized spacial score (nSPS) is 22.2. The molecule has 0 bridgehead atoms. The van der Waals surface area contributed by atoms with Crippen LogP contribution in [0.1, 0.15) is 45.4 Å². The van der Waals surface area contributed by atoms with E-state index >= 15 is 0 Å². The van der Waals surface area contributed by atoms with Gasteiger partial charge in [-0.2, -0.15) is 0 Å². The van der Waals surface area contributed by atoms with Crippen molar-refractivity contribution in [3.05, 3.63) is 23.4 Å². The first-order valence-electron chi connectivity index (χ1n) is 6.85. The highest BCUT2D eigenvalue weighted by Gasteiger charge is 2.26. The van der Waals surface area contributed by atoms with Crippen LogP contribution in [0.2, 0.25) is 13.1 Å². The summed E-state index contributed by atoms with van der Waals surface area (Å²) in [6.45, 7) is 7.24. The lowest BCUT2D eigenvalue weighted by atomic mass is 9.95. The maximum absolute atomic E-state index is 2.84. The molecule has 0 aromatic rings. The van der Waals surface area contributed by atoms with Crippen molar-refractivity contribution in [1.82, 2.24) is 4.57 Å². The van der Waals surface area contributed by atoms with E-state index in [4.69, 9.17) is 0 Å². The highest BCUT2D eigenvalue weighted by molar-refractivity contribution is 6.53. The molecular formula is C14H25NSi. The molecule has 1 fully saturated rings. The van der Waals surface area contributed by atoms with Crippen molar-refractivity contribution in [2.24, 2.45) is 0 Å². The topological polar surface area (TPSA) is 3.24 Å². The van der Waals surface area contributed by atoms with E-state index in [-0.39, 0.29) is 0 Å². The van der Waals surface area contributed by atoms with Gasteiger partial charge in [-0.3, -0.25) is 0 Å². The number of rotatable bonds is 3. The van der Waals surface area contributed by atoms with E-state index < -0.39 is 8.96 Å². The zero-order valence-electron chi connectivity index (χ0n) is 11.0. The molecule has 0 aromatic heterocycles. The molecule has 0 N–H and O–H groups in total. The van der Waals surface area contributed by atoms with Gasteiger partial charge in [-0.05, 0) is 25.3 Å². The molecule has 2 aliphatic rings. The summed E-state index contributed by atoms with van der Waals surface area (Å²) >= 11 is 0. The number of nitrogens with zero attached hydrogens (tertiary/aromatic N) is 1. The maximum Gasteiger partial charge on any atom is 0.134 e. The average Bonchev–Trinajstić information content (AvgIpc) is 2.66. The van der Waals surface area contributed by atoms with Crippen LogP contribution in [-0.2, 0) is 0 Å². The summed E-state index contributed by atoms with van der Waals surface area (Å²) < 4.78 is 2.84. The molecule has 1 nitrogen and oxygen atoms in total. The van der Waals surface area contributed by atoms with E-state index in [1.165, 1.54) is 44.1 Å². The van der Waals surface area contributed by atoms with E-state index in [9.17, 15) is 0 Å². The largest absolute Gasteiger partial charge is 0.401 e. The van der Waals surface area contributed by atoms with Crippen molar-refractivity contribution in [2.75, 3.05) is 0 Å². The van der Waals surface area contributed by atoms with Crippen LogP contribution >= 0.6 is 0 Å². The minimum Gasteiger partial charge on any atom is -0.401 e. The molecule has 0 radical (unpaired) electrons. The van der Waals surface area contributed by atoms with Crippen LogP contribution in [0.15, 0.2) is 23.4 Å². The Hall–Kier alpha value is -0.503. The minimum absolute atomic E-state index is 0.715. The van der Waals surface area contributed by atoms with Crippen molar-refractivity contribution >= 4 is 8.96 Å². The molecule has 0 heterocycles. The Morgan fingerprint density at radius 1 is 1.19 bits per heavy atom. The molecule has 0 atom stereocenters. The fourth-order valence-electron chi connectivity index (χ4n) is 3.23. The van der Waals surface area contributed by atoms with E-state index in [1.807, 2.05) is 0 Å². The van der Waals surface area contributed by atoms with Gasteiger partial charge in [-0.25, -0.2) is 0 Å². The Bertz CT molecular complexity index is 298. The lowest BCUT2D eigenvalue weighted by Gasteiger charge is -2.40. The summed E-state index contributed by atoms with van der Waals surface area (Å²) in [5.41, 5.74) is 3.17. The third kappa shape index (κ3) is 2.42. The number of hydrogen-bond donors (Lipinski definition) is 0. The predicted octanol–water partition coefficient (Wildman–Crippen LogP) is 3.84. The second-order valence-corrected chi connectivity index (χ2v) is 8.27. The molecule has 2 heteroatoms. The zero-order valence-corrected chi connectivity index (χ0v) is 12.2. The Kier molecular flexibility index (Phi) is 3.90. The van der Waals surface area contributed by atoms with Gasteiger partial charge in [0.05, 0.1) is 0 Å². The smallest absolute Gasteiger partial charge is 0.134 e. The monoisotopic (exact) mass is 235 g/mol. The third-order valence-electron chi connectivity index (χ3n) is 3.97. The molecule has 2 rings (SSSR count). The Morgan fingerprint density at radius 3 is 2.38 bits per heavy atom. The van der Waals surface area contributed by atoms with E-state index in [2.05, 4.69) is 36.7 Å². The summed E-state index contributed by atoms with van der Waals surface area (Å²) in [5.74, 6) is 0. The Labute approximate surface area is 102 Å². The number of allylic oxidation sites excluding steroid dienone is 3. The lowest BCUT2D eigenvalue weighted by Crippen LogP contribution is -2.43. The van der Waals surface area contributed by atoms with Crippen molar-refractivity contribution in [1.29, 1.82) is 0 Å². The summed E-state index contributed by atoms with van der Waals surface area (Å²) in [4.78, 5) is 0. The second kappa shape index (κ2) is 5.22. The molecule has 0 saturated heterocycles. The highest BCUT2D eigenvalue weighted by Crippen LogP contribution is 2.31. The molecule has 2 aliphatic carbocycles. The number of hydrogen-bond acceptors (Lipinski definition) is 1. The Morgan fingerprint density at radius 2 is 1.88 bits per heavy atom. The maximum atomic E-state index is 2.84. The van der Waals surface area contributed by atoms with Crippen LogP contribution in [0, 0.1) is 0 Å². The minimum atomic E-state index is -0.715. The molecule has 0 amide bonds. The van der Waals surface area contributed by atoms with Crippen molar-refractivity contribution < 1.29 is 0 Å².